The van der Waals surface area contributed by atoms with Crippen molar-refractivity contribution in [1.82, 2.24) is 0 Å². The van der Waals surface area contributed by atoms with Crippen molar-refractivity contribution in [2.24, 2.45) is 11.3 Å². The van der Waals surface area contributed by atoms with E-state index in [1.807, 2.05) is 6.92 Å². The Labute approximate surface area is 106 Å². The van der Waals surface area contributed by atoms with Gasteiger partial charge in [-0.3, -0.25) is 0 Å². The first-order chi connectivity index (χ1) is 7.93. The van der Waals surface area contributed by atoms with Crippen LogP contribution in [0.4, 0.5) is 0 Å². The summed E-state index contributed by atoms with van der Waals surface area (Å²) >= 11 is 0. The van der Waals surface area contributed by atoms with E-state index in [9.17, 15) is 0 Å². The van der Waals surface area contributed by atoms with Crippen molar-refractivity contribution in [2.45, 2.75) is 47.0 Å². The highest BCUT2D eigenvalue weighted by atomic mass is 16.2. The SMILES string of the molecule is C/C(C#CC1=CCC(C(C)(C)C)CC1)=C/CO. The Bertz CT molecular complexity index is 369. The maximum absolute atomic E-state index is 8.74. The summed E-state index contributed by atoms with van der Waals surface area (Å²) in [4.78, 5) is 0. The lowest BCUT2D eigenvalue weighted by molar-refractivity contribution is 0.222. The van der Waals surface area contributed by atoms with Crippen LogP contribution in [0.1, 0.15) is 47.0 Å². The summed E-state index contributed by atoms with van der Waals surface area (Å²) in [5.74, 6) is 7.08. The molecule has 0 spiro atoms. The molecule has 0 aromatic carbocycles. The third-order valence-corrected chi connectivity index (χ3v) is 3.45. The summed E-state index contributed by atoms with van der Waals surface area (Å²) in [6.45, 7) is 8.96. The van der Waals surface area contributed by atoms with Crippen LogP contribution in [0, 0.1) is 23.2 Å². The van der Waals surface area contributed by atoms with Crippen molar-refractivity contribution in [3.05, 3.63) is 23.3 Å². The second-order valence-electron chi connectivity index (χ2n) is 5.89. The third kappa shape index (κ3) is 4.79. The monoisotopic (exact) mass is 232 g/mol. The molecule has 1 nitrogen and oxygen atoms in total. The van der Waals surface area contributed by atoms with Crippen molar-refractivity contribution in [3.8, 4) is 11.8 Å². The van der Waals surface area contributed by atoms with Crippen LogP contribution in [0.3, 0.4) is 0 Å². The molecule has 1 aliphatic rings. The molecule has 1 N–H and O–H groups in total. The molecular formula is C16H24O. The minimum Gasteiger partial charge on any atom is -0.392 e. The smallest absolute Gasteiger partial charge is 0.0624 e. The van der Waals surface area contributed by atoms with Crippen molar-refractivity contribution in [3.63, 3.8) is 0 Å². The van der Waals surface area contributed by atoms with Gasteiger partial charge >= 0.3 is 0 Å². The number of allylic oxidation sites excluding steroid dienone is 3. The largest absolute Gasteiger partial charge is 0.392 e. The van der Waals surface area contributed by atoms with E-state index in [0.29, 0.717) is 5.41 Å². The van der Waals surface area contributed by atoms with Gasteiger partial charge in [-0.15, -0.1) is 0 Å². The average Bonchev–Trinajstić information content (AvgIpc) is 2.26. The van der Waals surface area contributed by atoms with Crippen LogP contribution in [-0.2, 0) is 0 Å². The number of aliphatic hydroxyl groups excluding tert-OH is 1. The average molecular weight is 232 g/mol. The van der Waals surface area contributed by atoms with E-state index in [2.05, 4.69) is 38.7 Å². The first-order valence-electron chi connectivity index (χ1n) is 6.42. The fraction of sp³-hybridized carbons (Fsp3) is 0.625. The van der Waals surface area contributed by atoms with Crippen LogP contribution >= 0.6 is 0 Å². The first-order valence-corrected chi connectivity index (χ1v) is 6.42. The maximum Gasteiger partial charge on any atom is 0.0624 e. The van der Waals surface area contributed by atoms with Gasteiger partial charge in [-0.25, -0.2) is 0 Å². The standard InChI is InChI=1S/C16H24O/c1-13(11-12-17)5-6-14-7-9-15(10-8-14)16(2,3)4/h7,11,15,17H,8-10,12H2,1-4H3/b13-11-. The Hall–Kier alpha value is -1.00. The van der Waals surface area contributed by atoms with Gasteiger partial charge in [-0.05, 0) is 54.7 Å². The molecule has 1 aliphatic carbocycles. The Morgan fingerprint density at radius 1 is 1.53 bits per heavy atom. The molecule has 0 heterocycles. The molecule has 0 fully saturated rings. The van der Waals surface area contributed by atoms with Gasteiger partial charge in [0, 0.05) is 0 Å². The van der Waals surface area contributed by atoms with Crippen LogP contribution in [0.2, 0.25) is 0 Å². The van der Waals surface area contributed by atoms with E-state index >= 15 is 0 Å². The molecule has 0 saturated heterocycles. The van der Waals surface area contributed by atoms with Gasteiger partial charge in [0.05, 0.1) is 6.61 Å². The Kier molecular flexibility index (Phi) is 5.02. The van der Waals surface area contributed by atoms with E-state index in [0.717, 1.165) is 24.3 Å². The molecule has 1 unspecified atom stereocenters. The summed E-state index contributed by atoms with van der Waals surface area (Å²) in [5.41, 5.74) is 2.62. The van der Waals surface area contributed by atoms with Gasteiger partial charge < -0.3 is 5.11 Å². The van der Waals surface area contributed by atoms with E-state index in [1.165, 1.54) is 12.0 Å². The van der Waals surface area contributed by atoms with Crippen LogP contribution in [-0.4, -0.2) is 11.7 Å². The molecule has 17 heavy (non-hydrogen) atoms. The van der Waals surface area contributed by atoms with Crippen LogP contribution < -0.4 is 0 Å². The highest BCUT2D eigenvalue weighted by Crippen LogP contribution is 2.36. The molecule has 0 bridgehead atoms. The molecule has 94 valence electrons. The summed E-state index contributed by atoms with van der Waals surface area (Å²) in [6, 6.07) is 0. The molecule has 1 rings (SSSR count). The van der Waals surface area contributed by atoms with E-state index in [-0.39, 0.29) is 6.61 Å². The highest BCUT2D eigenvalue weighted by molar-refractivity contribution is 5.37. The van der Waals surface area contributed by atoms with E-state index < -0.39 is 0 Å². The zero-order valence-corrected chi connectivity index (χ0v) is 11.5. The fourth-order valence-corrected chi connectivity index (χ4v) is 2.10. The normalized spacial score (nSPS) is 21.6. The molecule has 1 atom stereocenters. The molecule has 0 amide bonds. The molecule has 0 saturated carbocycles. The van der Waals surface area contributed by atoms with Gasteiger partial charge in [0.25, 0.3) is 0 Å². The van der Waals surface area contributed by atoms with Gasteiger partial charge in [0.2, 0.25) is 0 Å². The second kappa shape index (κ2) is 6.07. The van der Waals surface area contributed by atoms with E-state index in [1.54, 1.807) is 6.08 Å². The zero-order chi connectivity index (χ0) is 12.9. The molecule has 1 heteroatoms. The predicted octanol–water partition coefficient (Wildman–Crippen LogP) is 3.70. The first kappa shape index (κ1) is 14.1. The van der Waals surface area contributed by atoms with Crippen molar-refractivity contribution < 1.29 is 5.11 Å². The van der Waals surface area contributed by atoms with Crippen molar-refractivity contribution in [2.75, 3.05) is 6.61 Å². The van der Waals surface area contributed by atoms with Gasteiger partial charge in [0.1, 0.15) is 0 Å². The van der Waals surface area contributed by atoms with Crippen molar-refractivity contribution in [1.29, 1.82) is 0 Å². The predicted molar refractivity (Wildman–Crippen MR) is 73.5 cm³/mol. The number of aliphatic hydroxyl groups is 1. The number of hydrogen-bond acceptors (Lipinski definition) is 1. The minimum absolute atomic E-state index is 0.0751. The lowest BCUT2D eigenvalue weighted by Gasteiger charge is -2.32. The molecular weight excluding hydrogens is 208 g/mol. The summed E-state index contributed by atoms with van der Waals surface area (Å²) < 4.78 is 0. The summed E-state index contributed by atoms with van der Waals surface area (Å²) in [7, 11) is 0. The second-order valence-corrected chi connectivity index (χ2v) is 5.89. The molecule has 0 aromatic rings. The topological polar surface area (TPSA) is 20.2 Å². The van der Waals surface area contributed by atoms with E-state index in [4.69, 9.17) is 5.11 Å². The molecule has 0 radical (unpaired) electrons. The van der Waals surface area contributed by atoms with Crippen molar-refractivity contribution >= 4 is 0 Å². The highest BCUT2D eigenvalue weighted by Gasteiger charge is 2.25. The fourth-order valence-electron chi connectivity index (χ4n) is 2.10. The summed E-state index contributed by atoms with van der Waals surface area (Å²) in [5, 5.41) is 8.74. The third-order valence-electron chi connectivity index (χ3n) is 3.45. The van der Waals surface area contributed by atoms with Crippen LogP contribution in [0.25, 0.3) is 0 Å². The number of rotatable bonds is 1. The van der Waals surface area contributed by atoms with Crippen LogP contribution in [0.5, 0.6) is 0 Å². The van der Waals surface area contributed by atoms with Crippen LogP contribution in [0.15, 0.2) is 23.3 Å². The molecule has 0 aliphatic heterocycles. The Morgan fingerprint density at radius 2 is 2.24 bits per heavy atom. The Morgan fingerprint density at radius 3 is 2.71 bits per heavy atom. The lowest BCUT2D eigenvalue weighted by Crippen LogP contribution is -2.21. The zero-order valence-electron chi connectivity index (χ0n) is 11.5. The van der Waals surface area contributed by atoms with Gasteiger partial charge in [0.15, 0.2) is 0 Å². The molecule has 0 aromatic heterocycles. The van der Waals surface area contributed by atoms with Gasteiger partial charge in [-0.1, -0.05) is 38.7 Å². The maximum atomic E-state index is 8.74. The quantitative estimate of drug-likeness (QED) is 0.683. The minimum atomic E-state index is 0.0751. The Balaban J connectivity index is 2.61. The number of hydrogen-bond donors (Lipinski definition) is 1. The lowest BCUT2D eigenvalue weighted by atomic mass is 9.73. The summed E-state index contributed by atoms with van der Waals surface area (Å²) in [6.07, 6.45) is 7.53. The van der Waals surface area contributed by atoms with Gasteiger partial charge in [-0.2, -0.15) is 0 Å².